The maximum Gasteiger partial charge on any atom is 0.231 e. The molecule has 6 N–H and O–H groups in total. The molecule has 0 saturated carbocycles. The van der Waals surface area contributed by atoms with E-state index in [4.69, 9.17) is 21.1 Å². The van der Waals surface area contributed by atoms with Gasteiger partial charge in [0.1, 0.15) is 18.3 Å². The molecule has 2 aliphatic rings. The van der Waals surface area contributed by atoms with Crippen molar-refractivity contribution in [2.75, 3.05) is 30.5 Å². The molecule has 4 heterocycles. The Labute approximate surface area is 218 Å². The second-order valence-corrected chi connectivity index (χ2v) is 9.22. The molecule has 0 atom stereocenters. The van der Waals surface area contributed by atoms with Crippen LogP contribution in [0.1, 0.15) is 24.3 Å². The van der Waals surface area contributed by atoms with Gasteiger partial charge in [0.2, 0.25) is 6.79 Å². The molecular formula is C25H28ClN9O2. The predicted molar refractivity (Wildman–Crippen MR) is 143 cm³/mol. The molecule has 0 aliphatic carbocycles. The van der Waals surface area contributed by atoms with Gasteiger partial charge in [-0.05, 0) is 26.0 Å². The van der Waals surface area contributed by atoms with Crippen molar-refractivity contribution in [3.8, 4) is 22.8 Å². The Morgan fingerprint density at radius 1 is 1.08 bits per heavy atom. The average molecular weight is 522 g/mol. The minimum atomic E-state index is -0.0624. The lowest BCUT2D eigenvalue weighted by molar-refractivity contribution is 0.175. The number of hydrogen-bond acceptors (Lipinski definition) is 10. The van der Waals surface area contributed by atoms with Crippen LogP contribution < -0.4 is 42.0 Å². The fraction of sp³-hybridized carbons (Fsp3) is 0.280. The van der Waals surface area contributed by atoms with E-state index in [9.17, 15) is 0 Å². The largest absolute Gasteiger partial charge is 0.454 e. The Bertz CT molecular complexity index is 1450. The Kier molecular flexibility index (Phi) is 6.45. The number of hydrogen-bond donors (Lipinski definition) is 6. The SMILES string of the molecule is CCNc1cc(-c2cc(NCCn3c(C)cc4c5c(cc(Cl)c43)OCO5)ncn2)ccc1C1NNNN1. The number of halogens is 1. The molecule has 1 saturated heterocycles. The summed E-state index contributed by atoms with van der Waals surface area (Å²) in [7, 11) is 0. The summed E-state index contributed by atoms with van der Waals surface area (Å²) in [5.74, 6) is 2.20. The van der Waals surface area contributed by atoms with Crippen molar-refractivity contribution in [1.82, 2.24) is 36.5 Å². The highest BCUT2D eigenvalue weighted by atomic mass is 35.5. The molecule has 192 valence electrons. The first kappa shape index (κ1) is 23.8. The number of rotatable bonds is 8. The summed E-state index contributed by atoms with van der Waals surface area (Å²) in [5.41, 5.74) is 18.0. The van der Waals surface area contributed by atoms with E-state index in [1.165, 1.54) is 0 Å². The number of anilines is 2. The van der Waals surface area contributed by atoms with Crippen molar-refractivity contribution in [1.29, 1.82) is 0 Å². The molecule has 2 aliphatic heterocycles. The highest BCUT2D eigenvalue weighted by molar-refractivity contribution is 6.35. The summed E-state index contributed by atoms with van der Waals surface area (Å²) in [4.78, 5) is 8.94. The van der Waals surface area contributed by atoms with Gasteiger partial charge in [0.15, 0.2) is 11.5 Å². The Balaban J connectivity index is 1.20. The number of hydrazine groups is 3. The number of ether oxygens (including phenoxy) is 2. The molecule has 0 radical (unpaired) electrons. The van der Waals surface area contributed by atoms with Crippen molar-refractivity contribution in [3.05, 3.63) is 59.0 Å². The van der Waals surface area contributed by atoms with Gasteiger partial charge < -0.3 is 24.7 Å². The lowest BCUT2D eigenvalue weighted by Gasteiger charge is -2.17. The second-order valence-electron chi connectivity index (χ2n) is 8.81. The van der Waals surface area contributed by atoms with Gasteiger partial charge in [0.05, 0.1) is 16.2 Å². The van der Waals surface area contributed by atoms with Gasteiger partial charge in [-0.3, -0.25) is 0 Å². The standard InChI is InChI=1S/C25H28ClN9O2/c1-3-27-20-9-15(4-5-16(20)25-31-33-34-32-25)19-11-22(30-12-29-19)28-6-7-35-14(2)8-17-23(35)18(26)10-21-24(17)37-13-36-21/h4-5,8-12,25,27,31-34H,3,6-7,13H2,1-2H3,(H,28,29,30). The van der Waals surface area contributed by atoms with Crippen LogP contribution in [-0.2, 0) is 6.54 Å². The zero-order chi connectivity index (χ0) is 25.4. The fourth-order valence-corrected chi connectivity index (χ4v) is 5.11. The molecule has 11 nitrogen and oxygen atoms in total. The van der Waals surface area contributed by atoms with Crippen molar-refractivity contribution in [3.63, 3.8) is 0 Å². The summed E-state index contributed by atoms with van der Waals surface area (Å²) in [5, 5.41) is 8.49. The molecule has 0 unspecified atom stereocenters. The Hall–Kier alpha value is -3.61. The van der Waals surface area contributed by atoms with E-state index in [0.29, 0.717) is 23.9 Å². The van der Waals surface area contributed by atoms with Crippen molar-refractivity contribution >= 4 is 34.0 Å². The van der Waals surface area contributed by atoms with Crippen LogP contribution in [0, 0.1) is 6.92 Å². The van der Waals surface area contributed by atoms with Gasteiger partial charge >= 0.3 is 0 Å². The molecule has 12 heteroatoms. The normalized spacial score (nSPS) is 15.0. The molecule has 0 spiro atoms. The summed E-state index contributed by atoms with van der Waals surface area (Å²) in [6, 6.07) is 12.1. The van der Waals surface area contributed by atoms with Crippen LogP contribution in [0.15, 0.2) is 42.7 Å². The van der Waals surface area contributed by atoms with Crippen molar-refractivity contribution in [2.24, 2.45) is 0 Å². The number of aromatic nitrogens is 3. The van der Waals surface area contributed by atoms with Crippen LogP contribution in [0.2, 0.25) is 5.02 Å². The third-order valence-electron chi connectivity index (χ3n) is 6.51. The van der Waals surface area contributed by atoms with E-state index >= 15 is 0 Å². The van der Waals surface area contributed by atoms with Gasteiger partial charge in [-0.25, -0.2) is 20.8 Å². The molecule has 2 aromatic carbocycles. The molecular weight excluding hydrogens is 494 g/mol. The third-order valence-corrected chi connectivity index (χ3v) is 6.79. The zero-order valence-corrected chi connectivity index (χ0v) is 21.2. The number of aryl methyl sites for hydroxylation is 1. The molecule has 0 amide bonds. The molecule has 2 aromatic heterocycles. The van der Waals surface area contributed by atoms with Crippen LogP contribution in [0.25, 0.3) is 22.2 Å². The molecule has 0 bridgehead atoms. The first-order chi connectivity index (χ1) is 18.1. The van der Waals surface area contributed by atoms with Gasteiger partial charge in [0, 0.05) is 59.7 Å². The molecule has 6 rings (SSSR count). The number of nitrogens with one attached hydrogen (secondary N) is 6. The lowest BCUT2D eigenvalue weighted by atomic mass is 10.0. The molecule has 37 heavy (non-hydrogen) atoms. The van der Waals surface area contributed by atoms with E-state index in [1.54, 1.807) is 6.33 Å². The third kappa shape index (κ3) is 4.52. The van der Waals surface area contributed by atoms with E-state index in [0.717, 1.165) is 57.2 Å². The fourth-order valence-electron chi connectivity index (χ4n) is 4.81. The van der Waals surface area contributed by atoms with E-state index < -0.39 is 0 Å². The maximum atomic E-state index is 6.61. The highest BCUT2D eigenvalue weighted by Gasteiger charge is 2.23. The van der Waals surface area contributed by atoms with Crippen LogP contribution in [0.5, 0.6) is 11.5 Å². The minimum Gasteiger partial charge on any atom is -0.454 e. The molecule has 4 aromatic rings. The van der Waals surface area contributed by atoms with Gasteiger partial charge in [-0.1, -0.05) is 23.7 Å². The minimum absolute atomic E-state index is 0.0624. The van der Waals surface area contributed by atoms with Crippen LogP contribution in [-0.4, -0.2) is 34.4 Å². The topological polar surface area (TPSA) is 121 Å². The van der Waals surface area contributed by atoms with Crippen LogP contribution in [0.4, 0.5) is 11.5 Å². The van der Waals surface area contributed by atoms with Gasteiger partial charge in [0.25, 0.3) is 0 Å². The average Bonchev–Trinajstić information content (AvgIpc) is 3.66. The number of nitrogens with zero attached hydrogens (tertiary/aromatic N) is 3. The number of fused-ring (bicyclic) bond motifs is 3. The van der Waals surface area contributed by atoms with E-state index in [1.807, 2.05) is 12.1 Å². The monoisotopic (exact) mass is 521 g/mol. The smallest absolute Gasteiger partial charge is 0.231 e. The van der Waals surface area contributed by atoms with E-state index in [2.05, 4.69) is 85.2 Å². The maximum absolute atomic E-state index is 6.61. The van der Waals surface area contributed by atoms with E-state index in [-0.39, 0.29) is 13.0 Å². The molecule has 1 fully saturated rings. The second kappa shape index (κ2) is 10.0. The summed E-state index contributed by atoms with van der Waals surface area (Å²) >= 11 is 6.61. The summed E-state index contributed by atoms with van der Waals surface area (Å²) < 4.78 is 13.4. The van der Waals surface area contributed by atoms with Gasteiger partial charge in [-0.2, -0.15) is 11.1 Å². The summed E-state index contributed by atoms with van der Waals surface area (Å²) in [6.07, 6.45) is 1.52. The summed E-state index contributed by atoms with van der Waals surface area (Å²) in [6.45, 7) is 6.53. The van der Waals surface area contributed by atoms with Crippen LogP contribution >= 0.6 is 11.6 Å². The quantitative estimate of drug-likeness (QED) is 0.205. The zero-order valence-electron chi connectivity index (χ0n) is 20.5. The first-order valence-electron chi connectivity index (χ1n) is 12.2. The Morgan fingerprint density at radius 3 is 2.78 bits per heavy atom. The van der Waals surface area contributed by atoms with Crippen molar-refractivity contribution < 1.29 is 9.47 Å². The van der Waals surface area contributed by atoms with Gasteiger partial charge in [-0.15, -0.1) is 0 Å². The first-order valence-corrected chi connectivity index (χ1v) is 12.5. The Morgan fingerprint density at radius 2 is 1.95 bits per heavy atom. The highest BCUT2D eigenvalue weighted by Crippen LogP contribution is 2.44. The predicted octanol–water partition coefficient (Wildman–Crippen LogP) is 3.45. The number of benzene rings is 2. The van der Waals surface area contributed by atoms with Crippen LogP contribution in [0.3, 0.4) is 0 Å². The van der Waals surface area contributed by atoms with Crippen molar-refractivity contribution in [2.45, 2.75) is 26.6 Å². The lowest BCUT2D eigenvalue weighted by Crippen LogP contribution is -2.33.